The highest BCUT2D eigenvalue weighted by atomic mass is 79.9. The molecule has 0 atom stereocenters. The van der Waals surface area contributed by atoms with Crippen LogP contribution in [0.15, 0.2) is 40.2 Å². The third-order valence-corrected chi connectivity index (χ3v) is 4.55. The minimum atomic E-state index is -3.64. The van der Waals surface area contributed by atoms with Gasteiger partial charge in [-0.05, 0) is 40.5 Å². The van der Waals surface area contributed by atoms with Crippen LogP contribution in [0.5, 0.6) is 0 Å². The predicted molar refractivity (Wildman–Crippen MR) is 71.1 cm³/mol. The first-order chi connectivity index (χ1) is 8.38. The Morgan fingerprint density at radius 2 is 2.17 bits per heavy atom. The van der Waals surface area contributed by atoms with Crippen LogP contribution in [0.2, 0.25) is 0 Å². The van der Waals surface area contributed by atoms with Gasteiger partial charge in [0.25, 0.3) is 0 Å². The monoisotopic (exact) mass is 333 g/mol. The maximum atomic E-state index is 11.9. The van der Waals surface area contributed by atoms with Crippen LogP contribution in [0.3, 0.4) is 0 Å². The molecule has 0 fully saturated rings. The zero-order valence-corrected chi connectivity index (χ0v) is 11.8. The lowest BCUT2D eigenvalue weighted by molar-refractivity contribution is 0.0696. The molecule has 0 saturated heterocycles. The Morgan fingerprint density at radius 1 is 1.50 bits per heavy atom. The fourth-order valence-electron chi connectivity index (χ4n) is 1.22. The van der Waals surface area contributed by atoms with Crippen molar-refractivity contribution in [3.8, 4) is 0 Å². The summed E-state index contributed by atoms with van der Waals surface area (Å²) in [4.78, 5) is 10.7. The molecule has 5 nitrogen and oxygen atoms in total. The molecule has 7 heteroatoms. The van der Waals surface area contributed by atoms with Gasteiger partial charge in [0.2, 0.25) is 10.0 Å². The second kappa shape index (κ2) is 6.12. The molecule has 2 N–H and O–H groups in total. The first-order valence-electron chi connectivity index (χ1n) is 5.02. The van der Waals surface area contributed by atoms with Crippen LogP contribution in [-0.4, -0.2) is 26.0 Å². The van der Waals surface area contributed by atoms with Crippen molar-refractivity contribution in [3.63, 3.8) is 0 Å². The van der Waals surface area contributed by atoms with Crippen molar-refractivity contribution in [1.29, 1.82) is 0 Å². The van der Waals surface area contributed by atoms with Gasteiger partial charge in [-0.15, -0.1) is 6.58 Å². The molecule has 0 saturated carbocycles. The molecule has 0 aliphatic heterocycles. The quantitative estimate of drug-likeness (QED) is 0.616. The van der Waals surface area contributed by atoms with E-state index in [1.165, 1.54) is 18.2 Å². The number of carbonyl (C=O) groups is 1. The number of hydrogen-bond acceptors (Lipinski definition) is 3. The molecule has 0 spiro atoms. The van der Waals surface area contributed by atoms with Crippen molar-refractivity contribution in [2.24, 2.45) is 0 Å². The number of aromatic carboxylic acids is 1. The smallest absolute Gasteiger partial charge is 0.335 e. The molecule has 0 aliphatic rings. The van der Waals surface area contributed by atoms with Gasteiger partial charge in [-0.3, -0.25) is 0 Å². The number of halogens is 1. The van der Waals surface area contributed by atoms with Crippen LogP contribution in [0.25, 0.3) is 0 Å². The lowest BCUT2D eigenvalue weighted by Crippen LogP contribution is -2.25. The van der Waals surface area contributed by atoms with E-state index < -0.39 is 16.0 Å². The number of carboxylic acid groups (broad SMARTS) is 1. The van der Waals surface area contributed by atoms with E-state index in [0.717, 1.165) is 0 Å². The second-order valence-corrected chi connectivity index (χ2v) is 6.02. The topological polar surface area (TPSA) is 83.5 Å². The van der Waals surface area contributed by atoms with Crippen molar-refractivity contribution in [3.05, 3.63) is 40.9 Å². The largest absolute Gasteiger partial charge is 0.478 e. The maximum Gasteiger partial charge on any atom is 0.335 e. The van der Waals surface area contributed by atoms with E-state index in [9.17, 15) is 13.2 Å². The van der Waals surface area contributed by atoms with E-state index in [1.54, 1.807) is 6.08 Å². The minimum absolute atomic E-state index is 0.0107. The number of benzene rings is 1. The molecule has 1 aromatic carbocycles. The SMILES string of the molecule is C=CCCNS(=O)(=O)c1ccc(C(=O)O)cc1Br. The van der Waals surface area contributed by atoms with Gasteiger partial charge in [0.15, 0.2) is 0 Å². The summed E-state index contributed by atoms with van der Waals surface area (Å²) in [5.41, 5.74) is 0.0203. The number of sulfonamides is 1. The predicted octanol–water partition coefficient (Wildman–Crippen LogP) is 2.00. The first-order valence-corrected chi connectivity index (χ1v) is 7.29. The number of rotatable bonds is 6. The van der Waals surface area contributed by atoms with E-state index in [4.69, 9.17) is 5.11 Å². The Hall–Kier alpha value is -1.18. The standard InChI is InChI=1S/C11H12BrNO4S/c1-2-3-6-13-18(16,17)10-5-4-8(11(14)15)7-9(10)12/h2,4-5,7,13H,1,3,6H2,(H,14,15). The molecule has 0 amide bonds. The second-order valence-electron chi connectivity index (χ2n) is 3.43. The maximum absolute atomic E-state index is 11.9. The molecular formula is C11H12BrNO4S. The Morgan fingerprint density at radius 3 is 2.67 bits per heavy atom. The molecule has 0 radical (unpaired) electrons. The van der Waals surface area contributed by atoms with Gasteiger partial charge >= 0.3 is 5.97 Å². The first kappa shape index (κ1) is 14.9. The zero-order chi connectivity index (χ0) is 13.8. The lowest BCUT2D eigenvalue weighted by Gasteiger charge is -2.08. The van der Waals surface area contributed by atoms with Crippen LogP contribution in [0.4, 0.5) is 0 Å². The lowest BCUT2D eigenvalue weighted by atomic mass is 10.2. The molecule has 18 heavy (non-hydrogen) atoms. The van der Waals surface area contributed by atoms with Gasteiger partial charge < -0.3 is 5.11 Å². The van der Waals surface area contributed by atoms with E-state index in [1.807, 2.05) is 0 Å². The number of hydrogen-bond donors (Lipinski definition) is 2. The van der Waals surface area contributed by atoms with Crippen molar-refractivity contribution >= 4 is 31.9 Å². The van der Waals surface area contributed by atoms with Gasteiger partial charge in [-0.2, -0.15) is 0 Å². The summed E-state index contributed by atoms with van der Waals surface area (Å²) in [5.74, 6) is -1.11. The fraction of sp³-hybridized carbons (Fsp3) is 0.182. The summed E-state index contributed by atoms with van der Waals surface area (Å²) in [6.45, 7) is 3.74. The Labute approximate surface area is 114 Å². The van der Waals surface area contributed by atoms with E-state index in [0.29, 0.717) is 6.42 Å². The highest BCUT2D eigenvalue weighted by Crippen LogP contribution is 2.23. The molecule has 0 unspecified atom stereocenters. The highest BCUT2D eigenvalue weighted by Gasteiger charge is 2.18. The highest BCUT2D eigenvalue weighted by molar-refractivity contribution is 9.10. The minimum Gasteiger partial charge on any atom is -0.478 e. The summed E-state index contributed by atoms with van der Waals surface area (Å²) in [6, 6.07) is 3.75. The van der Waals surface area contributed by atoms with Crippen molar-refractivity contribution < 1.29 is 18.3 Å². The Balaban J connectivity index is 3.02. The molecule has 98 valence electrons. The van der Waals surface area contributed by atoms with Crippen LogP contribution in [0.1, 0.15) is 16.8 Å². The third kappa shape index (κ3) is 3.66. The van der Waals surface area contributed by atoms with Crippen LogP contribution >= 0.6 is 15.9 Å². The van der Waals surface area contributed by atoms with E-state index in [2.05, 4.69) is 27.2 Å². The van der Waals surface area contributed by atoms with E-state index >= 15 is 0 Å². The van der Waals surface area contributed by atoms with Gasteiger partial charge in [0, 0.05) is 11.0 Å². The van der Waals surface area contributed by atoms with Crippen LogP contribution in [0, 0.1) is 0 Å². The molecule has 0 aliphatic carbocycles. The van der Waals surface area contributed by atoms with Crippen molar-refractivity contribution in [1.82, 2.24) is 4.72 Å². The van der Waals surface area contributed by atoms with Gasteiger partial charge in [-0.25, -0.2) is 17.9 Å². The summed E-state index contributed by atoms with van der Waals surface area (Å²) in [6.07, 6.45) is 2.12. The average Bonchev–Trinajstić information content (AvgIpc) is 2.28. The van der Waals surface area contributed by atoms with Gasteiger partial charge in [0.05, 0.1) is 10.5 Å². The summed E-state index contributed by atoms with van der Waals surface area (Å²) in [5, 5.41) is 8.78. The number of nitrogens with one attached hydrogen (secondary N) is 1. The molecule has 0 heterocycles. The molecule has 0 bridgehead atoms. The van der Waals surface area contributed by atoms with Crippen LogP contribution < -0.4 is 4.72 Å². The third-order valence-electron chi connectivity index (χ3n) is 2.11. The molecular weight excluding hydrogens is 322 g/mol. The normalized spacial score (nSPS) is 11.2. The van der Waals surface area contributed by atoms with Gasteiger partial charge in [-0.1, -0.05) is 6.08 Å². The zero-order valence-electron chi connectivity index (χ0n) is 9.39. The Kier molecular flexibility index (Phi) is 5.06. The molecule has 0 aromatic heterocycles. The summed E-state index contributed by atoms with van der Waals surface area (Å²) < 4.78 is 26.4. The molecule has 1 rings (SSSR count). The average molecular weight is 334 g/mol. The van der Waals surface area contributed by atoms with Crippen molar-refractivity contribution in [2.75, 3.05) is 6.54 Å². The van der Waals surface area contributed by atoms with Gasteiger partial charge in [0.1, 0.15) is 0 Å². The fourth-order valence-corrected chi connectivity index (χ4v) is 3.35. The number of carboxylic acids is 1. The molecule has 1 aromatic rings. The van der Waals surface area contributed by atoms with Crippen molar-refractivity contribution in [2.45, 2.75) is 11.3 Å². The summed E-state index contributed by atoms with van der Waals surface area (Å²) >= 11 is 3.06. The van der Waals surface area contributed by atoms with E-state index in [-0.39, 0.29) is 21.5 Å². The van der Waals surface area contributed by atoms with Crippen LogP contribution in [-0.2, 0) is 10.0 Å². The summed E-state index contributed by atoms with van der Waals surface area (Å²) in [7, 11) is -3.64. The Bertz CT molecular complexity index is 568.